The van der Waals surface area contributed by atoms with Crippen molar-refractivity contribution in [3.05, 3.63) is 41.3 Å². The number of pyridine rings is 1. The van der Waals surface area contributed by atoms with Gasteiger partial charge in [0.1, 0.15) is 0 Å². The molecule has 3 heterocycles. The Morgan fingerprint density at radius 3 is 2.92 bits per heavy atom. The molecule has 6 nitrogen and oxygen atoms in total. The van der Waals surface area contributed by atoms with Crippen LogP contribution in [0.15, 0.2) is 24.4 Å². The van der Waals surface area contributed by atoms with Crippen LogP contribution in [-0.4, -0.2) is 59.2 Å². The summed E-state index contributed by atoms with van der Waals surface area (Å²) in [6.07, 6.45) is 2.88. The maximum atomic E-state index is 5.58. The van der Waals surface area contributed by atoms with Gasteiger partial charge >= 0.3 is 0 Å². The highest BCUT2D eigenvalue weighted by atomic mass is 16.5. The van der Waals surface area contributed by atoms with E-state index in [1.54, 1.807) is 13.3 Å². The van der Waals surface area contributed by atoms with Crippen LogP contribution in [0.3, 0.4) is 0 Å². The zero-order valence-electron chi connectivity index (χ0n) is 14.7. The second-order valence-corrected chi connectivity index (χ2v) is 6.23. The average Bonchev–Trinajstić information content (AvgIpc) is 3.22. The van der Waals surface area contributed by atoms with E-state index in [-0.39, 0.29) is 0 Å². The van der Waals surface area contributed by atoms with E-state index in [0.717, 1.165) is 56.5 Å². The van der Waals surface area contributed by atoms with Gasteiger partial charge in [0.25, 0.3) is 0 Å². The van der Waals surface area contributed by atoms with Crippen LogP contribution in [0.25, 0.3) is 5.82 Å². The van der Waals surface area contributed by atoms with E-state index in [4.69, 9.17) is 14.6 Å². The van der Waals surface area contributed by atoms with Crippen molar-refractivity contribution in [2.45, 2.75) is 32.9 Å². The van der Waals surface area contributed by atoms with Gasteiger partial charge in [-0.2, -0.15) is 5.10 Å². The highest BCUT2D eigenvalue weighted by Gasteiger charge is 2.25. The second-order valence-electron chi connectivity index (χ2n) is 6.23. The maximum absolute atomic E-state index is 5.58. The topological polar surface area (TPSA) is 52.4 Å². The minimum absolute atomic E-state index is 0.456. The highest BCUT2D eigenvalue weighted by molar-refractivity contribution is 5.32. The van der Waals surface area contributed by atoms with E-state index in [1.165, 1.54) is 5.56 Å². The molecular weight excluding hydrogens is 304 g/mol. The molecule has 1 fully saturated rings. The molecule has 2 aromatic heterocycles. The molecule has 1 saturated heterocycles. The molecule has 0 unspecified atom stereocenters. The van der Waals surface area contributed by atoms with Gasteiger partial charge in [-0.05, 0) is 32.4 Å². The lowest BCUT2D eigenvalue weighted by Crippen LogP contribution is -2.37. The Hall–Kier alpha value is -1.76. The Bertz CT molecular complexity index is 651. The van der Waals surface area contributed by atoms with E-state index >= 15 is 0 Å². The van der Waals surface area contributed by atoms with Gasteiger partial charge in [0, 0.05) is 50.3 Å². The van der Waals surface area contributed by atoms with Crippen molar-refractivity contribution < 1.29 is 9.47 Å². The highest BCUT2D eigenvalue weighted by Crippen LogP contribution is 2.21. The number of ether oxygens (including phenoxy) is 2. The molecule has 0 aromatic carbocycles. The number of methoxy groups -OCH3 is 1. The van der Waals surface area contributed by atoms with E-state index in [9.17, 15) is 0 Å². The summed E-state index contributed by atoms with van der Waals surface area (Å²) < 4.78 is 12.8. The van der Waals surface area contributed by atoms with Crippen LogP contribution in [0.4, 0.5) is 0 Å². The summed E-state index contributed by atoms with van der Waals surface area (Å²) in [5.41, 5.74) is 3.47. The molecule has 130 valence electrons. The lowest BCUT2D eigenvalue weighted by atomic mass is 10.1. The molecule has 0 bridgehead atoms. The third kappa shape index (κ3) is 3.66. The van der Waals surface area contributed by atoms with Gasteiger partial charge in [0.15, 0.2) is 5.82 Å². The largest absolute Gasteiger partial charge is 0.383 e. The van der Waals surface area contributed by atoms with E-state index in [2.05, 4.69) is 23.7 Å². The van der Waals surface area contributed by atoms with Crippen molar-refractivity contribution in [2.75, 3.05) is 33.5 Å². The summed E-state index contributed by atoms with van der Waals surface area (Å²) in [5, 5.41) is 4.71. The zero-order chi connectivity index (χ0) is 16.9. The summed E-state index contributed by atoms with van der Waals surface area (Å²) in [4.78, 5) is 6.87. The molecule has 0 amide bonds. The monoisotopic (exact) mass is 330 g/mol. The molecule has 0 saturated carbocycles. The fourth-order valence-electron chi connectivity index (χ4n) is 3.22. The summed E-state index contributed by atoms with van der Waals surface area (Å²) in [6, 6.07) is 6.34. The van der Waals surface area contributed by atoms with E-state index in [1.807, 2.05) is 22.9 Å². The van der Waals surface area contributed by atoms with Crippen LogP contribution in [0.2, 0.25) is 0 Å². The van der Waals surface area contributed by atoms with Gasteiger partial charge in [-0.15, -0.1) is 0 Å². The van der Waals surface area contributed by atoms with Crippen molar-refractivity contribution >= 4 is 0 Å². The van der Waals surface area contributed by atoms with Crippen molar-refractivity contribution in [1.82, 2.24) is 19.7 Å². The molecule has 1 aliphatic heterocycles. The quantitative estimate of drug-likeness (QED) is 0.778. The minimum atomic E-state index is 0.456. The molecule has 0 spiro atoms. The molecule has 1 atom stereocenters. The van der Waals surface area contributed by atoms with Crippen LogP contribution in [0.5, 0.6) is 0 Å². The SMILES string of the molecule is COCCN(Cc1c(C)nn(-c2ccccn2)c1C)[C@@H]1CCOC1. The van der Waals surface area contributed by atoms with Crippen molar-refractivity contribution in [3.8, 4) is 5.82 Å². The minimum Gasteiger partial charge on any atom is -0.383 e. The lowest BCUT2D eigenvalue weighted by Gasteiger charge is -2.27. The molecule has 3 rings (SSSR count). The first-order chi connectivity index (χ1) is 11.7. The fourth-order valence-corrected chi connectivity index (χ4v) is 3.22. The van der Waals surface area contributed by atoms with Gasteiger partial charge in [-0.3, -0.25) is 4.90 Å². The zero-order valence-corrected chi connectivity index (χ0v) is 14.7. The smallest absolute Gasteiger partial charge is 0.153 e. The summed E-state index contributed by atoms with van der Waals surface area (Å²) >= 11 is 0. The lowest BCUT2D eigenvalue weighted by molar-refractivity contribution is 0.100. The Morgan fingerprint density at radius 1 is 1.38 bits per heavy atom. The molecular formula is C18H26N4O2. The number of aryl methyl sites for hydroxylation is 1. The van der Waals surface area contributed by atoms with Crippen LogP contribution >= 0.6 is 0 Å². The Labute approximate surface area is 143 Å². The van der Waals surface area contributed by atoms with E-state index in [0.29, 0.717) is 6.04 Å². The van der Waals surface area contributed by atoms with Gasteiger partial charge < -0.3 is 9.47 Å². The third-order valence-electron chi connectivity index (χ3n) is 4.67. The number of rotatable bonds is 7. The molecule has 24 heavy (non-hydrogen) atoms. The van der Waals surface area contributed by atoms with Crippen molar-refractivity contribution in [2.24, 2.45) is 0 Å². The van der Waals surface area contributed by atoms with Crippen LogP contribution in [-0.2, 0) is 16.0 Å². The Morgan fingerprint density at radius 2 is 2.25 bits per heavy atom. The molecule has 2 aromatic rings. The Kier molecular flexibility index (Phi) is 5.60. The molecule has 6 heteroatoms. The number of aromatic nitrogens is 3. The predicted octanol–water partition coefficient (Wildman–Crippen LogP) is 2.12. The fraction of sp³-hybridized carbons (Fsp3) is 0.556. The van der Waals surface area contributed by atoms with Crippen molar-refractivity contribution in [3.63, 3.8) is 0 Å². The average molecular weight is 330 g/mol. The first-order valence-corrected chi connectivity index (χ1v) is 8.48. The molecule has 0 aliphatic carbocycles. The summed E-state index contributed by atoms with van der Waals surface area (Å²) in [6.45, 7) is 8.32. The Balaban J connectivity index is 1.83. The van der Waals surface area contributed by atoms with Gasteiger partial charge in [-0.1, -0.05) is 6.07 Å². The van der Waals surface area contributed by atoms with Crippen LogP contribution in [0, 0.1) is 13.8 Å². The molecule has 1 aliphatic rings. The first kappa shape index (κ1) is 17.1. The van der Waals surface area contributed by atoms with Gasteiger partial charge in [-0.25, -0.2) is 9.67 Å². The molecule has 0 N–H and O–H groups in total. The summed E-state index contributed by atoms with van der Waals surface area (Å²) in [7, 11) is 1.75. The van der Waals surface area contributed by atoms with Crippen molar-refractivity contribution in [1.29, 1.82) is 0 Å². The number of hydrogen-bond donors (Lipinski definition) is 0. The van der Waals surface area contributed by atoms with Gasteiger partial charge in [0.05, 0.1) is 18.9 Å². The van der Waals surface area contributed by atoms with Gasteiger partial charge in [0.2, 0.25) is 0 Å². The number of hydrogen-bond acceptors (Lipinski definition) is 5. The normalized spacial score (nSPS) is 17.8. The maximum Gasteiger partial charge on any atom is 0.153 e. The standard InChI is InChI=1S/C18H26N4O2/c1-14-17(12-21(9-11-23-3)16-7-10-24-13-16)15(2)22(20-14)18-6-4-5-8-19-18/h4-6,8,16H,7,9-13H2,1-3H3/t16-/m1/s1. The molecule has 0 radical (unpaired) electrons. The van der Waals surface area contributed by atoms with Crippen LogP contribution < -0.4 is 0 Å². The summed E-state index contributed by atoms with van der Waals surface area (Å²) in [5.74, 6) is 0.858. The third-order valence-corrected chi connectivity index (χ3v) is 4.67. The first-order valence-electron chi connectivity index (χ1n) is 8.48. The predicted molar refractivity (Wildman–Crippen MR) is 92.3 cm³/mol. The number of nitrogens with zero attached hydrogens (tertiary/aromatic N) is 4. The van der Waals surface area contributed by atoms with Crippen LogP contribution in [0.1, 0.15) is 23.4 Å². The van der Waals surface area contributed by atoms with E-state index < -0.39 is 0 Å². The second kappa shape index (κ2) is 7.88.